The van der Waals surface area contributed by atoms with Crippen molar-refractivity contribution < 1.29 is 5.11 Å². The highest BCUT2D eigenvalue weighted by atomic mass is 16.2. The Kier molecular flexibility index (Phi) is 7.11. The Morgan fingerprint density at radius 1 is 1.27 bits per heavy atom. The van der Waals surface area contributed by atoms with Gasteiger partial charge in [0.1, 0.15) is 0 Å². The lowest BCUT2D eigenvalue weighted by Crippen LogP contribution is -2.29. The topological polar surface area (TPSA) is 47.3 Å². The zero-order valence-corrected chi connectivity index (χ0v) is 7.08. The van der Waals surface area contributed by atoms with E-state index in [-0.39, 0.29) is 0 Å². The summed E-state index contributed by atoms with van der Waals surface area (Å²) in [5.74, 6) is 0. The SMILES string of the molecule is CO.N#CCN1CCCCC1. The lowest BCUT2D eigenvalue weighted by Gasteiger charge is -2.22. The van der Waals surface area contributed by atoms with Crippen LogP contribution in [0.3, 0.4) is 0 Å². The Morgan fingerprint density at radius 3 is 2.27 bits per heavy atom. The third-order valence-electron chi connectivity index (χ3n) is 1.74. The van der Waals surface area contributed by atoms with E-state index in [0.717, 1.165) is 20.2 Å². The predicted molar refractivity (Wildman–Crippen MR) is 44.0 cm³/mol. The molecule has 1 aliphatic heterocycles. The van der Waals surface area contributed by atoms with E-state index in [9.17, 15) is 0 Å². The van der Waals surface area contributed by atoms with Gasteiger partial charge in [0.2, 0.25) is 0 Å². The molecule has 0 aromatic rings. The Labute approximate surface area is 68.2 Å². The van der Waals surface area contributed by atoms with Crippen LogP contribution in [0.5, 0.6) is 0 Å². The minimum Gasteiger partial charge on any atom is -0.400 e. The molecule has 3 nitrogen and oxygen atoms in total. The van der Waals surface area contributed by atoms with E-state index >= 15 is 0 Å². The predicted octanol–water partition coefficient (Wildman–Crippen LogP) is 0.604. The van der Waals surface area contributed by atoms with Gasteiger partial charge in [-0.3, -0.25) is 4.90 Å². The maximum absolute atomic E-state index is 8.33. The van der Waals surface area contributed by atoms with Crippen molar-refractivity contribution in [1.29, 1.82) is 5.26 Å². The lowest BCUT2D eigenvalue weighted by atomic mass is 10.1. The molecule has 0 aromatic carbocycles. The maximum atomic E-state index is 8.33. The summed E-state index contributed by atoms with van der Waals surface area (Å²) < 4.78 is 0. The van der Waals surface area contributed by atoms with Crippen LogP contribution in [-0.2, 0) is 0 Å². The second kappa shape index (κ2) is 7.52. The Bertz CT molecular complexity index is 114. The highest BCUT2D eigenvalue weighted by Gasteiger charge is 2.07. The number of piperidine rings is 1. The monoisotopic (exact) mass is 156 g/mol. The summed E-state index contributed by atoms with van der Waals surface area (Å²) in [4.78, 5) is 2.21. The fraction of sp³-hybridized carbons (Fsp3) is 0.875. The second-order valence-electron chi connectivity index (χ2n) is 2.49. The van der Waals surface area contributed by atoms with Crippen LogP contribution < -0.4 is 0 Å². The molecule has 1 aliphatic rings. The van der Waals surface area contributed by atoms with Gasteiger partial charge in [0.25, 0.3) is 0 Å². The number of nitriles is 1. The Morgan fingerprint density at radius 2 is 1.82 bits per heavy atom. The van der Waals surface area contributed by atoms with Gasteiger partial charge >= 0.3 is 0 Å². The van der Waals surface area contributed by atoms with Crippen LogP contribution in [-0.4, -0.2) is 36.8 Å². The van der Waals surface area contributed by atoms with E-state index in [0.29, 0.717) is 6.54 Å². The molecule has 0 spiro atoms. The van der Waals surface area contributed by atoms with Crippen LogP contribution >= 0.6 is 0 Å². The third-order valence-corrected chi connectivity index (χ3v) is 1.74. The van der Waals surface area contributed by atoms with Crippen molar-refractivity contribution in [2.45, 2.75) is 19.3 Å². The number of aliphatic hydroxyl groups excluding tert-OH is 1. The summed E-state index contributed by atoms with van der Waals surface area (Å²) in [5, 5.41) is 15.3. The third kappa shape index (κ3) is 4.77. The number of hydrogen-bond donors (Lipinski definition) is 1. The largest absolute Gasteiger partial charge is 0.400 e. The number of nitrogens with zero attached hydrogens (tertiary/aromatic N) is 2. The van der Waals surface area contributed by atoms with Crippen molar-refractivity contribution >= 4 is 0 Å². The smallest absolute Gasteiger partial charge is 0.0865 e. The molecular formula is C8H16N2O. The summed E-state index contributed by atoms with van der Waals surface area (Å²) in [6.07, 6.45) is 3.91. The zero-order valence-electron chi connectivity index (χ0n) is 7.08. The van der Waals surface area contributed by atoms with Crippen LogP contribution in [0.4, 0.5) is 0 Å². The molecule has 0 aliphatic carbocycles. The Hall–Kier alpha value is -0.590. The standard InChI is InChI=1S/C7H12N2.CH4O/c8-4-7-9-5-2-1-3-6-9;1-2/h1-3,5-7H2;2H,1H3. The molecule has 64 valence electrons. The molecular weight excluding hydrogens is 140 g/mol. The number of likely N-dealkylation sites (tertiary alicyclic amines) is 1. The van der Waals surface area contributed by atoms with Crippen LogP contribution in [0, 0.1) is 11.3 Å². The van der Waals surface area contributed by atoms with Gasteiger partial charge in [0, 0.05) is 7.11 Å². The molecule has 1 heterocycles. The van der Waals surface area contributed by atoms with Crippen molar-refractivity contribution in [3.63, 3.8) is 0 Å². The molecule has 1 fully saturated rings. The van der Waals surface area contributed by atoms with Crippen molar-refractivity contribution in [3.8, 4) is 6.07 Å². The zero-order chi connectivity index (χ0) is 8.53. The second-order valence-corrected chi connectivity index (χ2v) is 2.49. The van der Waals surface area contributed by atoms with E-state index in [2.05, 4.69) is 11.0 Å². The quantitative estimate of drug-likeness (QED) is 0.566. The number of hydrogen-bond acceptors (Lipinski definition) is 3. The van der Waals surface area contributed by atoms with Crippen LogP contribution in [0.25, 0.3) is 0 Å². The van der Waals surface area contributed by atoms with Gasteiger partial charge in [-0.2, -0.15) is 5.26 Å². The number of aliphatic hydroxyl groups is 1. The van der Waals surface area contributed by atoms with Crippen molar-refractivity contribution in [2.24, 2.45) is 0 Å². The molecule has 0 aromatic heterocycles. The van der Waals surface area contributed by atoms with E-state index < -0.39 is 0 Å². The van der Waals surface area contributed by atoms with Gasteiger partial charge in [0.15, 0.2) is 0 Å². The van der Waals surface area contributed by atoms with Crippen LogP contribution in [0.15, 0.2) is 0 Å². The molecule has 1 rings (SSSR count). The van der Waals surface area contributed by atoms with Gasteiger partial charge in [-0.25, -0.2) is 0 Å². The molecule has 1 N–H and O–H groups in total. The molecule has 11 heavy (non-hydrogen) atoms. The first-order valence-electron chi connectivity index (χ1n) is 3.97. The van der Waals surface area contributed by atoms with Crippen molar-refractivity contribution in [2.75, 3.05) is 26.7 Å². The fourth-order valence-corrected chi connectivity index (χ4v) is 1.22. The lowest BCUT2D eigenvalue weighted by molar-refractivity contribution is 0.254. The van der Waals surface area contributed by atoms with Crippen LogP contribution in [0.2, 0.25) is 0 Å². The summed E-state index contributed by atoms with van der Waals surface area (Å²) in [7, 11) is 1.00. The van der Waals surface area contributed by atoms with E-state index in [1.54, 1.807) is 0 Å². The molecule has 0 saturated carbocycles. The summed E-state index contributed by atoms with van der Waals surface area (Å²) in [6.45, 7) is 2.89. The van der Waals surface area contributed by atoms with Gasteiger partial charge in [-0.05, 0) is 25.9 Å². The average molecular weight is 156 g/mol. The van der Waals surface area contributed by atoms with Crippen molar-refractivity contribution in [3.05, 3.63) is 0 Å². The molecule has 0 amide bonds. The van der Waals surface area contributed by atoms with Gasteiger partial charge < -0.3 is 5.11 Å². The first-order valence-corrected chi connectivity index (χ1v) is 3.97. The minimum absolute atomic E-state index is 0.625. The van der Waals surface area contributed by atoms with E-state index in [4.69, 9.17) is 10.4 Å². The summed E-state index contributed by atoms with van der Waals surface area (Å²) in [6, 6.07) is 2.16. The van der Waals surface area contributed by atoms with Gasteiger partial charge in [0.05, 0.1) is 12.6 Å². The number of rotatable bonds is 1. The first kappa shape index (κ1) is 10.4. The average Bonchev–Trinajstić information content (AvgIpc) is 2.11. The first-order chi connectivity index (χ1) is 5.43. The normalized spacial score (nSPS) is 17.9. The van der Waals surface area contributed by atoms with Crippen LogP contribution in [0.1, 0.15) is 19.3 Å². The Balaban J connectivity index is 0.000000461. The highest BCUT2D eigenvalue weighted by molar-refractivity contribution is 4.77. The highest BCUT2D eigenvalue weighted by Crippen LogP contribution is 2.06. The molecule has 0 radical (unpaired) electrons. The molecule has 3 heteroatoms. The molecule has 0 bridgehead atoms. The minimum atomic E-state index is 0.625. The van der Waals surface area contributed by atoms with Gasteiger partial charge in [-0.15, -0.1) is 0 Å². The summed E-state index contributed by atoms with van der Waals surface area (Å²) >= 11 is 0. The molecule has 1 saturated heterocycles. The fourth-order valence-electron chi connectivity index (χ4n) is 1.22. The van der Waals surface area contributed by atoms with E-state index in [1.807, 2.05) is 0 Å². The van der Waals surface area contributed by atoms with Crippen molar-refractivity contribution in [1.82, 2.24) is 4.90 Å². The van der Waals surface area contributed by atoms with Gasteiger partial charge in [-0.1, -0.05) is 6.42 Å². The summed E-state index contributed by atoms with van der Waals surface area (Å²) in [5.41, 5.74) is 0. The van der Waals surface area contributed by atoms with E-state index in [1.165, 1.54) is 19.3 Å². The maximum Gasteiger partial charge on any atom is 0.0865 e. The molecule has 0 atom stereocenters. The molecule has 0 unspecified atom stereocenters.